The lowest BCUT2D eigenvalue weighted by Crippen LogP contribution is -2.37. The summed E-state index contributed by atoms with van der Waals surface area (Å²) in [6, 6.07) is 1.06. The minimum Gasteiger partial charge on any atom is -0.585 e. The van der Waals surface area contributed by atoms with E-state index in [0.29, 0.717) is 17.8 Å². The van der Waals surface area contributed by atoms with Gasteiger partial charge in [-0.3, -0.25) is 4.90 Å². The highest BCUT2D eigenvalue weighted by Crippen LogP contribution is 2.28. The third kappa shape index (κ3) is 6.77. The van der Waals surface area contributed by atoms with Crippen LogP contribution in [0.25, 0.3) is 0 Å². The minimum absolute atomic E-state index is 0.529. The average Bonchev–Trinajstić information content (AvgIpc) is 2.01. The fraction of sp³-hybridized carbons (Fsp3) is 1.00. The van der Waals surface area contributed by atoms with Gasteiger partial charge in [-0.05, 0) is 40.7 Å². The van der Waals surface area contributed by atoms with E-state index in [9.17, 15) is 9.46 Å². The van der Waals surface area contributed by atoms with Gasteiger partial charge in [0.25, 0.3) is 0 Å². The van der Waals surface area contributed by atoms with Crippen LogP contribution in [0.4, 0.5) is 0 Å². The van der Waals surface area contributed by atoms with Crippen LogP contribution >= 0.6 is 18.6 Å². The SMILES string of the molecule is CC(C)N(CCCS[P+](=O)[O-])C(C)C. The fourth-order valence-electron chi connectivity index (χ4n) is 1.50. The number of hydrogen-bond donors (Lipinski definition) is 0. The second kappa shape index (κ2) is 7.63. The molecule has 0 saturated carbocycles. The molecule has 5 heteroatoms. The van der Waals surface area contributed by atoms with Gasteiger partial charge in [0.05, 0.1) is 0 Å². The van der Waals surface area contributed by atoms with E-state index in [1.165, 1.54) is 0 Å². The molecule has 0 radical (unpaired) electrons. The molecule has 0 aliphatic carbocycles. The molecular formula is C9H20NO2PS. The fourth-order valence-corrected chi connectivity index (χ4v) is 2.74. The van der Waals surface area contributed by atoms with Gasteiger partial charge in [-0.25, -0.2) is 0 Å². The van der Waals surface area contributed by atoms with Crippen molar-refractivity contribution in [3.8, 4) is 0 Å². The molecule has 0 aromatic heterocycles. The van der Waals surface area contributed by atoms with Crippen LogP contribution in [0.15, 0.2) is 0 Å². The first-order valence-electron chi connectivity index (χ1n) is 4.98. The zero-order chi connectivity index (χ0) is 11.1. The molecule has 0 aromatic rings. The lowest BCUT2D eigenvalue weighted by molar-refractivity contribution is -0.157. The number of rotatable bonds is 7. The highest BCUT2D eigenvalue weighted by molar-refractivity contribution is 8.49. The Labute approximate surface area is 91.9 Å². The standard InChI is InChI=1S/C9H20NO2PS/c1-8(2)10(9(3)4)6-5-7-14-13(11)12/h8-9H,5-7H2,1-4H3. The van der Waals surface area contributed by atoms with E-state index in [1.54, 1.807) is 0 Å². The summed E-state index contributed by atoms with van der Waals surface area (Å²) in [4.78, 5) is 12.7. The molecule has 1 unspecified atom stereocenters. The summed E-state index contributed by atoms with van der Waals surface area (Å²) in [6.07, 6.45) is 0.935. The Morgan fingerprint density at radius 1 is 1.29 bits per heavy atom. The van der Waals surface area contributed by atoms with Crippen molar-refractivity contribution in [2.75, 3.05) is 12.3 Å². The van der Waals surface area contributed by atoms with E-state index in [2.05, 4.69) is 32.6 Å². The van der Waals surface area contributed by atoms with Crippen LogP contribution in [0.1, 0.15) is 34.1 Å². The van der Waals surface area contributed by atoms with Crippen LogP contribution in [0, 0.1) is 0 Å². The molecule has 0 bridgehead atoms. The van der Waals surface area contributed by atoms with Crippen LogP contribution in [0.5, 0.6) is 0 Å². The largest absolute Gasteiger partial charge is 0.585 e. The van der Waals surface area contributed by atoms with Crippen LogP contribution in [0.2, 0.25) is 0 Å². The van der Waals surface area contributed by atoms with Gasteiger partial charge in [-0.15, -0.1) is 0 Å². The van der Waals surface area contributed by atoms with Gasteiger partial charge < -0.3 is 4.89 Å². The molecule has 14 heavy (non-hydrogen) atoms. The van der Waals surface area contributed by atoms with E-state index < -0.39 is 7.23 Å². The first kappa shape index (κ1) is 14.4. The van der Waals surface area contributed by atoms with Crippen LogP contribution in [-0.4, -0.2) is 29.3 Å². The van der Waals surface area contributed by atoms with Crippen molar-refractivity contribution < 1.29 is 9.46 Å². The summed E-state index contributed by atoms with van der Waals surface area (Å²) >= 11 is 1.02. The second-order valence-corrected chi connectivity index (χ2v) is 6.62. The monoisotopic (exact) mass is 237 g/mol. The minimum atomic E-state index is -2.26. The Kier molecular flexibility index (Phi) is 7.84. The van der Waals surface area contributed by atoms with Gasteiger partial charge in [0, 0.05) is 17.8 Å². The molecule has 1 atom stereocenters. The third-order valence-corrected chi connectivity index (χ3v) is 3.95. The van der Waals surface area contributed by atoms with E-state index in [-0.39, 0.29) is 0 Å². The maximum atomic E-state index is 10.3. The summed E-state index contributed by atoms with van der Waals surface area (Å²) in [5.41, 5.74) is 0. The van der Waals surface area contributed by atoms with Crippen LogP contribution in [-0.2, 0) is 4.57 Å². The molecule has 0 saturated heterocycles. The zero-order valence-electron chi connectivity index (χ0n) is 9.40. The lowest BCUT2D eigenvalue weighted by Gasteiger charge is -2.30. The molecule has 0 spiro atoms. The molecule has 0 fully saturated rings. The van der Waals surface area contributed by atoms with Gasteiger partial charge in [0.1, 0.15) is 11.4 Å². The summed E-state index contributed by atoms with van der Waals surface area (Å²) < 4.78 is 10.3. The third-order valence-electron chi connectivity index (χ3n) is 2.08. The summed E-state index contributed by atoms with van der Waals surface area (Å²) in [6.45, 7) is 9.65. The molecule has 0 heterocycles. The predicted molar refractivity (Wildman–Crippen MR) is 61.7 cm³/mol. The van der Waals surface area contributed by atoms with Crippen molar-refractivity contribution in [3.05, 3.63) is 0 Å². The second-order valence-electron chi connectivity index (χ2n) is 3.84. The first-order valence-corrected chi connectivity index (χ1v) is 7.75. The molecule has 0 rings (SSSR count). The van der Waals surface area contributed by atoms with Gasteiger partial charge in [0.2, 0.25) is 0 Å². The normalized spacial score (nSPS) is 13.0. The first-order chi connectivity index (χ1) is 6.45. The molecule has 84 valence electrons. The van der Waals surface area contributed by atoms with Crippen LogP contribution in [0.3, 0.4) is 0 Å². The number of nitrogens with zero attached hydrogens (tertiary/aromatic N) is 1. The number of hydrogen-bond acceptors (Lipinski definition) is 4. The van der Waals surface area contributed by atoms with Crippen LogP contribution < -0.4 is 4.89 Å². The van der Waals surface area contributed by atoms with E-state index in [1.807, 2.05) is 0 Å². The zero-order valence-corrected chi connectivity index (χ0v) is 11.1. The quantitative estimate of drug-likeness (QED) is 0.503. The molecule has 0 aliphatic rings. The van der Waals surface area contributed by atoms with Gasteiger partial charge >= 0.3 is 7.23 Å². The van der Waals surface area contributed by atoms with Crippen molar-refractivity contribution in [3.63, 3.8) is 0 Å². The molecule has 3 nitrogen and oxygen atoms in total. The highest BCUT2D eigenvalue weighted by atomic mass is 32.7. The topological polar surface area (TPSA) is 43.4 Å². The Morgan fingerprint density at radius 2 is 1.79 bits per heavy atom. The summed E-state index contributed by atoms with van der Waals surface area (Å²) in [5.74, 6) is 0.703. The van der Waals surface area contributed by atoms with Gasteiger partial charge in [-0.1, -0.05) is 4.57 Å². The van der Waals surface area contributed by atoms with Crippen molar-refractivity contribution >= 4 is 18.6 Å². The Hall–Kier alpha value is 0.370. The lowest BCUT2D eigenvalue weighted by atomic mass is 10.2. The molecule has 0 aromatic carbocycles. The van der Waals surface area contributed by atoms with Crippen molar-refractivity contribution in [2.24, 2.45) is 0 Å². The van der Waals surface area contributed by atoms with Crippen molar-refractivity contribution in [1.29, 1.82) is 0 Å². The maximum absolute atomic E-state index is 10.3. The van der Waals surface area contributed by atoms with Gasteiger partial charge in [0.15, 0.2) is 0 Å². The van der Waals surface area contributed by atoms with Crippen molar-refractivity contribution in [1.82, 2.24) is 4.90 Å². The average molecular weight is 237 g/mol. The van der Waals surface area contributed by atoms with E-state index in [4.69, 9.17) is 0 Å². The summed E-state index contributed by atoms with van der Waals surface area (Å²) in [7, 11) is -2.26. The highest BCUT2D eigenvalue weighted by Gasteiger charge is 2.13. The predicted octanol–water partition coefficient (Wildman–Crippen LogP) is 2.25. The van der Waals surface area contributed by atoms with E-state index >= 15 is 0 Å². The molecule has 0 N–H and O–H groups in total. The Morgan fingerprint density at radius 3 is 2.14 bits per heavy atom. The maximum Gasteiger partial charge on any atom is 0.384 e. The van der Waals surface area contributed by atoms with E-state index in [0.717, 1.165) is 24.3 Å². The van der Waals surface area contributed by atoms with Gasteiger partial charge in [-0.2, -0.15) is 0 Å². The molecule has 0 aliphatic heterocycles. The smallest absolute Gasteiger partial charge is 0.384 e. The summed E-state index contributed by atoms with van der Waals surface area (Å²) in [5, 5.41) is 0. The Balaban J connectivity index is 3.67. The molecular weight excluding hydrogens is 217 g/mol. The molecule has 0 amide bonds. The Bertz CT molecular complexity index is 168. The van der Waals surface area contributed by atoms with Crippen molar-refractivity contribution in [2.45, 2.75) is 46.2 Å².